The molecular formula is C22H27N3O6. The SMILES string of the molecule is COc1cc(OC)cc(C(=O)NC(C(=O)N(C)Cc2cccc([N+](=O)[O-])c2)C(C)C)c1. The van der Waals surface area contributed by atoms with Crippen molar-refractivity contribution in [2.24, 2.45) is 5.92 Å². The molecule has 0 fully saturated rings. The number of rotatable bonds is 9. The number of methoxy groups -OCH3 is 2. The Morgan fingerprint density at radius 1 is 1.10 bits per heavy atom. The van der Waals surface area contributed by atoms with Crippen LogP contribution in [0.2, 0.25) is 0 Å². The highest BCUT2D eigenvalue weighted by Crippen LogP contribution is 2.23. The van der Waals surface area contributed by atoms with Gasteiger partial charge in [0.05, 0.1) is 19.1 Å². The van der Waals surface area contributed by atoms with Crippen LogP contribution in [-0.2, 0) is 11.3 Å². The van der Waals surface area contributed by atoms with Gasteiger partial charge in [-0.25, -0.2) is 0 Å². The molecule has 9 heteroatoms. The maximum Gasteiger partial charge on any atom is 0.269 e. The van der Waals surface area contributed by atoms with E-state index in [0.717, 1.165) is 0 Å². The Kier molecular flexibility index (Phi) is 7.95. The number of amides is 2. The highest BCUT2D eigenvalue weighted by molar-refractivity contribution is 5.98. The summed E-state index contributed by atoms with van der Waals surface area (Å²) in [6.07, 6.45) is 0. The molecule has 0 aliphatic carbocycles. The smallest absolute Gasteiger partial charge is 0.269 e. The molecule has 0 spiro atoms. The van der Waals surface area contributed by atoms with Gasteiger partial charge < -0.3 is 19.7 Å². The lowest BCUT2D eigenvalue weighted by atomic mass is 10.0. The molecule has 0 bridgehead atoms. The third-order valence-corrected chi connectivity index (χ3v) is 4.75. The van der Waals surface area contributed by atoms with Gasteiger partial charge in [-0.05, 0) is 23.6 Å². The van der Waals surface area contributed by atoms with Crippen molar-refractivity contribution in [2.45, 2.75) is 26.4 Å². The van der Waals surface area contributed by atoms with Crippen LogP contribution in [0.1, 0.15) is 29.8 Å². The molecule has 1 N–H and O–H groups in total. The van der Waals surface area contributed by atoms with Crippen LogP contribution in [0.4, 0.5) is 5.69 Å². The summed E-state index contributed by atoms with van der Waals surface area (Å²) in [6, 6.07) is 10.1. The predicted molar refractivity (Wildman–Crippen MR) is 115 cm³/mol. The number of hydrogen-bond donors (Lipinski definition) is 1. The zero-order valence-corrected chi connectivity index (χ0v) is 18.2. The first-order chi connectivity index (χ1) is 14.7. The number of benzene rings is 2. The molecule has 0 aliphatic rings. The Bertz CT molecular complexity index is 938. The van der Waals surface area contributed by atoms with Crippen LogP contribution in [0.5, 0.6) is 11.5 Å². The maximum absolute atomic E-state index is 13.0. The summed E-state index contributed by atoms with van der Waals surface area (Å²) in [5, 5.41) is 13.8. The number of non-ortho nitro benzene ring substituents is 1. The van der Waals surface area contributed by atoms with Crippen LogP contribution < -0.4 is 14.8 Å². The summed E-state index contributed by atoms with van der Waals surface area (Å²) in [7, 11) is 4.57. The number of carbonyl (C=O) groups excluding carboxylic acids is 2. The van der Waals surface area contributed by atoms with Crippen LogP contribution in [-0.4, -0.2) is 48.9 Å². The van der Waals surface area contributed by atoms with Crippen molar-refractivity contribution >= 4 is 17.5 Å². The van der Waals surface area contributed by atoms with E-state index < -0.39 is 16.9 Å². The topological polar surface area (TPSA) is 111 Å². The lowest BCUT2D eigenvalue weighted by molar-refractivity contribution is -0.384. The Morgan fingerprint density at radius 3 is 2.23 bits per heavy atom. The number of hydrogen-bond acceptors (Lipinski definition) is 6. The van der Waals surface area contributed by atoms with Gasteiger partial charge in [-0.3, -0.25) is 19.7 Å². The van der Waals surface area contributed by atoms with E-state index in [1.54, 1.807) is 37.4 Å². The van der Waals surface area contributed by atoms with Crippen LogP contribution >= 0.6 is 0 Å². The molecule has 0 saturated carbocycles. The monoisotopic (exact) mass is 429 g/mol. The first kappa shape index (κ1) is 23.7. The normalized spacial score (nSPS) is 11.5. The molecular weight excluding hydrogens is 402 g/mol. The molecule has 2 amide bonds. The zero-order chi connectivity index (χ0) is 23.1. The highest BCUT2D eigenvalue weighted by atomic mass is 16.6. The summed E-state index contributed by atoms with van der Waals surface area (Å²) in [5.41, 5.74) is 0.881. The average Bonchev–Trinajstić information content (AvgIpc) is 2.76. The molecule has 2 aromatic carbocycles. The minimum Gasteiger partial charge on any atom is -0.497 e. The second-order valence-corrected chi connectivity index (χ2v) is 7.42. The third-order valence-electron chi connectivity index (χ3n) is 4.75. The summed E-state index contributed by atoms with van der Waals surface area (Å²) in [4.78, 5) is 37.8. The van der Waals surface area contributed by atoms with Crippen molar-refractivity contribution in [2.75, 3.05) is 21.3 Å². The van der Waals surface area contributed by atoms with Crippen LogP contribution in [0.15, 0.2) is 42.5 Å². The van der Waals surface area contributed by atoms with Gasteiger partial charge in [0.1, 0.15) is 17.5 Å². The minimum absolute atomic E-state index is 0.0426. The molecule has 9 nitrogen and oxygen atoms in total. The van der Waals surface area contributed by atoms with Gasteiger partial charge in [-0.2, -0.15) is 0 Å². The molecule has 31 heavy (non-hydrogen) atoms. The molecule has 0 radical (unpaired) electrons. The van der Waals surface area contributed by atoms with E-state index in [4.69, 9.17) is 9.47 Å². The van der Waals surface area contributed by atoms with E-state index in [2.05, 4.69) is 5.32 Å². The van der Waals surface area contributed by atoms with E-state index in [9.17, 15) is 19.7 Å². The van der Waals surface area contributed by atoms with E-state index >= 15 is 0 Å². The van der Waals surface area contributed by atoms with Gasteiger partial charge in [0.2, 0.25) is 5.91 Å². The quantitative estimate of drug-likeness (QED) is 0.485. The number of carbonyl (C=O) groups is 2. The molecule has 0 saturated heterocycles. The number of nitro groups is 1. The van der Waals surface area contributed by atoms with Crippen molar-refractivity contribution in [1.82, 2.24) is 10.2 Å². The van der Waals surface area contributed by atoms with Crippen LogP contribution in [0.3, 0.4) is 0 Å². The van der Waals surface area contributed by atoms with Crippen molar-refractivity contribution in [3.63, 3.8) is 0 Å². The maximum atomic E-state index is 13.0. The Labute approximate surface area is 181 Å². The second kappa shape index (κ2) is 10.4. The van der Waals surface area contributed by atoms with Gasteiger partial charge >= 0.3 is 0 Å². The molecule has 0 heterocycles. The van der Waals surface area contributed by atoms with Crippen LogP contribution in [0.25, 0.3) is 0 Å². The Morgan fingerprint density at radius 2 is 1.71 bits per heavy atom. The van der Waals surface area contributed by atoms with Gasteiger partial charge in [0.25, 0.3) is 11.6 Å². The van der Waals surface area contributed by atoms with E-state index in [1.807, 2.05) is 13.8 Å². The number of ether oxygens (including phenoxy) is 2. The highest BCUT2D eigenvalue weighted by Gasteiger charge is 2.28. The van der Waals surface area contributed by atoms with Gasteiger partial charge in [-0.15, -0.1) is 0 Å². The number of nitrogens with one attached hydrogen (secondary N) is 1. The summed E-state index contributed by atoms with van der Waals surface area (Å²) >= 11 is 0. The molecule has 0 aromatic heterocycles. The molecule has 1 unspecified atom stereocenters. The molecule has 2 aromatic rings. The molecule has 0 aliphatic heterocycles. The van der Waals surface area contributed by atoms with Gasteiger partial charge in [0, 0.05) is 37.4 Å². The summed E-state index contributed by atoms with van der Waals surface area (Å²) in [6.45, 7) is 3.83. The van der Waals surface area contributed by atoms with Crippen molar-refractivity contribution < 1.29 is 24.0 Å². The van der Waals surface area contributed by atoms with E-state index in [1.165, 1.54) is 31.3 Å². The fraction of sp³-hybridized carbons (Fsp3) is 0.364. The van der Waals surface area contributed by atoms with E-state index in [0.29, 0.717) is 22.6 Å². The van der Waals surface area contributed by atoms with Gasteiger partial charge in [-0.1, -0.05) is 26.0 Å². The lowest BCUT2D eigenvalue weighted by Crippen LogP contribution is -2.50. The average molecular weight is 429 g/mol. The summed E-state index contributed by atoms with van der Waals surface area (Å²) < 4.78 is 10.4. The van der Waals surface area contributed by atoms with Gasteiger partial charge in [0.15, 0.2) is 0 Å². The summed E-state index contributed by atoms with van der Waals surface area (Å²) in [5.74, 6) is -0.00587. The zero-order valence-electron chi connectivity index (χ0n) is 18.2. The molecule has 166 valence electrons. The Hall–Kier alpha value is -3.62. The first-order valence-electron chi connectivity index (χ1n) is 9.68. The largest absolute Gasteiger partial charge is 0.497 e. The minimum atomic E-state index is -0.784. The lowest BCUT2D eigenvalue weighted by Gasteiger charge is -2.27. The standard InChI is InChI=1S/C22H27N3O6/c1-14(2)20(23-21(26)16-10-18(30-4)12-19(11-16)31-5)22(27)24(3)13-15-7-6-8-17(9-15)25(28)29/h6-12,14,20H,13H2,1-5H3,(H,23,26). The molecule has 2 rings (SSSR count). The second-order valence-electron chi connectivity index (χ2n) is 7.42. The number of nitro benzene ring substituents is 1. The first-order valence-corrected chi connectivity index (χ1v) is 9.68. The molecule has 1 atom stereocenters. The third kappa shape index (κ3) is 6.18. The fourth-order valence-electron chi connectivity index (χ4n) is 3.03. The number of nitrogens with zero attached hydrogens (tertiary/aromatic N) is 2. The van der Waals surface area contributed by atoms with Crippen LogP contribution in [0, 0.1) is 16.0 Å². The van der Waals surface area contributed by atoms with E-state index in [-0.39, 0.29) is 24.1 Å². The van der Waals surface area contributed by atoms with Crippen molar-refractivity contribution in [1.29, 1.82) is 0 Å². The fourth-order valence-corrected chi connectivity index (χ4v) is 3.03. The Balaban J connectivity index is 2.17. The van der Waals surface area contributed by atoms with Crippen molar-refractivity contribution in [3.05, 3.63) is 63.7 Å². The number of likely N-dealkylation sites (N-methyl/N-ethyl adjacent to an activating group) is 1. The predicted octanol–water partition coefficient (Wildman–Crippen LogP) is 3.03. The van der Waals surface area contributed by atoms with Crippen molar-refractivity contribution in [3.8, 4) is 11.5 Å².